The summed E-state index contributed by atoms with van der Waals surface area (Å²) >= 11 is 1.68. The van der Waals surface area contributed by atoms with E-state index in [4.69, 9.17) is 0 Å². The van der Waals surface area contributed by atoms with Crippen molar-refractivity contribution in [2.45, 2.75) is 44.6 Å². The number of anilines is 1. The molecule has 0 amide bonds. The summed E-state index contributed by atoms with van der Waals surface area (Å²) in [6, 6.07) is 7.40. The van der Waals surface area contributed by atoms with Gasteiger partial charge in [0.25, 0.3) is 0 Å². The molecule has 0 bridgehead atoms. The van der Waals surface area contributed by atoms with Crippen molar-refractivity contribution in [3.05, 3.63) is 40.7 Å². The first-order valence-electron chi connectivity index (χ1n) is 9.34. The van der Waals surface area contributed by atoms with Gasteiger partial charge in [-0.3, -0.25) is 0 Å². The van der Waals surface area contributed by atoms with E-state index in [0.29, 0.717) is 0 Å². The van der Waals surface area contributed by atoms with Crippen LogP contribution in [0.3, 0.4) is 0 Å². The average Bonchev–Trinajstić information content (AvgIpc) is 3.25. The number of likely N-dealkylation sites (tertiary alicyclic amines) is 1. The fourth-order valence-electron chi connectivity index (χ4n) is 3.96. The Morgan fingerprint density at radius 2 is 1.76 bits per heavy atom. The standard InChI is InChI=1S/C19H25FN4S/c20-16-7-5-15(6-8-16)14-18-21-22-19(25-18)24-12-3-4-17(9-13-24)23-10-1-2-11-23/h5-8,17H,1-4,9-14H2. The van der Waals surface area contributed by atoms with Gasteiger partial charge in [0, 0.05) is 25.6 Å². The minimum atomic E-state index is -0.196. The number of rotatable bonds is 4. The Morgan fingerprint density at radius 1 is 0.960 bits per heavy atom. The molecular weight excluding hydrogens is 335 g/mol. The van der Waals surface area contributed by atoms with E-state index in [9.17, 15) is 4.39 Å². The average molecular weight is 361 g/mol. The molecule has 2 saturated heterocycles. The van der Waals surface area contributed by atoms with E-state index in [1.807, 2.05) is 12.1 Å². The van der Waals surface area contributed by atoms with Crippen molar-refractivity contribution in [2.75, 3.05) is 31.1 Å². The summed E-state index contributed by atoms with van der Waals surface area (Å²) < 4.78 is 13.0. The molecule has 4 nitrogen and oxygen atoms in total. The molecule has 0 radical (unpaired) electrons. The quantitative estimate of drug-likeness (QED) is 0.832. The van der Waals surface area contributed by atoms with Gasteiger partial charge < -0.3 is 9.80 Å². The van der Waals surface area contributed by atoms with E-state index in [-0.39, 0.29) is 5.82 Å². The van der Waals surface area contributed by atoms with Gasteiger partial charge in [0.1, 0.15) is 10.8 Å². The highest BCUT2D eigenvalue weighted by molar-refractivity contribution is 7.15. The van der Waals surface area contributed by atoms with Gasteiger partial charge in [-0.05, 0) is 62.9 Å². The molecular formula is C19H25FN4S. The van der Waals surface area contributed by atoms with Crippen LogP contribution in [0, 0.1) is 5.82 Å². The summed E-state index contributed by atoms with van der Waals surface area (Å²) in [5.74, 6) is -0.196. The molecule has 2 aliphatic heterocycles. The zero-order valence-corrected chi connectivity index (χ0v) is 15.3. The van der Waals surface area contributed by atoms with Gasteiger partial charge in [0.15, 0.2) is 0 Å². The number of nitrogens with zero attached hydrogens (tertiary/aromatic N) is 4. The highest BCUT2D eigenvalue weighted by Gasteiger charge is 2.25. The van der Waals surface area contributed by atoms with E-state index in [0.717, 1.165) is 41.3 Å². The van der Waals surface area contributed by atoms with Crippen molar-refractivity contribution in [3.8, 4) is 0 Å². The summed E-state index contributed by atoms with van der Waals surface area (Å²) in [6.45, 7) is 4.72. The first kappa shape index (κ1) is 16.9. The zero-order valence-electron chi connectivity index (χ0n) is 14.5. The topological polar surface area (TPSA) is 32.3 Å². The van der Waals surface area contributed by atoms with E-state index < -0.39 is 0 Å². The minimum Gasteiger partial charge on any atom is -0.347 e. The van der Waals surface area contributed by atoms with E-state index in [1.165, 1.54) is 57.3 Å². The van der Waals surface area contributed by atoms with Crippen molar-refractivity contribution in [2.24, 2.45) is 0 Å². The Balaban J connectivity index is 1.37. The molecule has 1 atom stereocenters. The van der Waals surface area contributed by atoms with Gasteiger partial charge in [0.2, 0.25) is 5.13 Å². The lowest BCUT2D eigenvalue weighted by atomic mass is 10.1. The van der Waals surface area contributed by atoms with Gasteiger partial charge in [-0.25, -0.2) is 4.39 Å². The summed E-state index contributed by atoms with van der Waals surface area (Å²) in [5.41, 5.74) is 1.08. The number of benzene rings is 1. The number of hydrogen-bond acceptors (Lipinski definition) is 5. The predicted octanol–water partition coefficient (Wildman–Crippen LogP) is 3.72. The van der Waals surface area contributed by atoms with Crippen LogP contribution in [0.2, 0.25) is 0 Å². The second-order valence-electron chi connectivity index (χ2n) is 7.10. The van der Waals surface area contributed by atoms with Crippen molar-refractivity contribution < 1.29 is 4.39 Å². The Labute approximate surface area is 152 Å². The molecule has 0 saturated carbocycles. The minimum absolute atomic E-state index is 0.196. The summed E-state index contributed by atoms with van der Waals surface area (Å²) in [5, 5.41) is 10.8. The van der Waals surface area contributed by atoms with Crippen molar-refractivity contribution in [1.82, 2.24) is 15.1 Å². The van der Waals surface area contributed by atoms with Gasteiger partial charge in [-0.15, -0.1) is 10.2 Å². The van der Waals surface area contributed by atoms with Gasteiger partial charge >= 0.3 is 0 Å². The van der Waals surface area contributed by atoms with Crippen molar-refractivity contribution in [3.63, 3.8) is 0 Å². The van der Waals surface area contributed by atoms with Crippen LogP contribution in [0.25, 0.3) is 0 Å². The molecule has 2 aromatic rings. The monoisotopic (exact) mass is 360 g/mol. The number of hydrogen-bond donors (Lipinski definition) is 0. The van der Waals surface area contributed by atoms with E-state index >= 15 is 0 Å². The molecule has 1 unspecified atom stereocenters. The summed E-state index contributed by atoms with van der Waals surface area (Å²) in [4.78, 5) is 5.09. The normalized spacial score (nSPS) is 22.3. The zero-order chi connectivity index (χ0) is 17.1. The van der Waals surface area contributed by atoms with E-state index in [2.05, 4.69) is 20.0 Å². The molecule has 2 fully saturated rings. The van der Waals surface area contributed by atoms with Crippen LogP contribution in [0.15, 0.2) is 24.3 Å². The molecule has 6 heteroatoms. The fraction of sp³-hybridized carbons (Fsp3) is 0.579. The van der Waals surface area contributed by atoms with Gasteiger partial charge in [0.05, 0.1) is 0 Å². The molecule has 0 spiro atoms. The second kappa shape index (κ2) is 7.79. The summed E-state index contributed by atoms with van der Waals surface area (Å²) in [7, 11) is 0. The SMILES string of the molecule is Fc1ccc(Cc2nnc(N3CCCC(N4CCCC4)CC3)s2)cc1. The third kappa shape index (κ3) is 4.18. The molecule has 0 N–H and O–H groups in total. The number of halogens is 1. The number of aromatic nitrogens is 2. The third-order valence-corrected chi connectivity index (χ3v) is 6.33. The third-order valence-electron chi connectivity index (χ3n) is 5.35. The van der Waals surface area contributed by atoms with Crippen LogP contribution in [-0.2, 0) is 6.42 Å². The molecule has 3 heterocycles. The lowest BCUT2D eigenvalue weighted by Gasteiger charge is -2.26. The molecule has 1 aromatic carbocycles. The maximum absolute atomic E-state index is 13.0. The molecule has 2 aliphatic rings. The maximum atomic E-state index is 13.0. The molecule has 25 heavy (non-hydrogen) atoms. The first-order valence-corrected chi connectivity index (χ1v) is 10.2. The van der Waals surface area contributed by atoms with Crippen LogP contribution in [0.5, 0.6) is 0 Å². The molecule has 1 aromatic heterocycles. The Hall–Kier alpha value is -1.53. The van der Waals surface area contributed by atoms with Crippen molar-refractivity contribution >= 4 is 16.5 Å². The Kier molecular flexibility index (Phi) is 5.27. The largest absolute Gasteiger partial charge is 0.347 e. The first-order chi connectivity index (χ1) is 12.3. The molecule has 0 aliphatic carbocycles. The predicted molar refractivity (Wildman–Crippen MR) is 99.8 cm³/mol. The van der Waals surface area contributed by atoms with Gasteiger partial charge in [-0.1, -0.05) is 23.5 Å². The van der Waals surface area contributed by atoms with Crippen LogP contribution in [0.4, 0.5) is 9.52 Å². The highest BCUT2D eigenvalue weighted by Crippen LogP contribution is 2.27. The van der Waals surface area contributed by atoms with Crippen molar-refractivity contribution in [1.29, 1.82) is 0 Å². The Bertz CT molecular complexity index is 681. The van der Waals surface area contributed by atoms with Crippen LogP contribution in [-0.4, -0.2) is 47.3 Å². The second-order valence-corrected chi connectivity index (χ2v) is 8.14. The van der Waals surface area contributed by atoms with Gasteiger partial charge in [-0.2, -0.15) is 0 Å². The lowest BCUT2D eigenvalue weighted by molar-refractivity contribution is 0.225. The Morgan fingerprint density at radius 3 is 2.56 bits per heavy atom. The molecule has 134 valence electrons. The van der Waals surface area contributed by atoms with Crippen LogP contribution in [0.1, 0.15) is 42.7 Å². The maximum Gasteiger partial charge on any atom is 0.208 e. The highest BCUT2D eigenvalue weighted by atomic mass is 32.1. The molecule has 4 rings (SSSR count). The smallest absolute Gasteiger partial charge is 0.208 e. The lowest BCUT2D eigenvalue weighted by Crippen LogP contribution is -2.33. The summed E-state index contributed by atoms with van der Waals surface area (Å²) in [6.07, 6.45) is 7.22. The van der Waals surface area contributed by atoms with Crippen LogP contribution < -0.4 is 4.90 Å². The van der Waals surface area contributed by atoms with E-state index in [1.54, 1.807) is 11.3 Å². The fourth-order valence-corrected chi connectivity index (χ4v) is 4.89. The van der Waals surface area contributed by atoms with Crippen LogP contribution >= 0.6 is 11.3 Å².